The van der Waals surface area contributed by atoms with Crippen molar-refractivity contribution in [3.63, 3.8) is 0 Å². The Balaban J connectivity index is 0.000000278. The van der Waals surface area contributed by atoms with Crippen molar-refractivity contribution in [1.82, 2.24) is 5.32 Å². The van der Waals surface area contributed by atoms with Crippen molar-refractivity contribution in [2.24, 2.45) is 0 Å². The molecular formula is C30H34F4N2O5. The summed E-state index contributed by atoms with van der Waals surface area (Å²) in [6.45, 7) is 3.67. The van der Waals surface area contributed by atoms with E-state index in [4.69, 9.17) is 14.2 Å². The second-order valence-electron chi connectivity index (χ2n) is 9.03. The smallest absolute Gasteiger partial charge is 0.419 e. The van der Waals surface area contributed by atoms with Crippen LogP contribution in [0.1, 0.15) is 23.1 Å². The van der Waals surface area contributed by atoms with Gasteiger partial charge in [0.25, 0.3) is 0 Å². The highest BCUT2D eigenvalue weighted by atomic mass is 19.4. The van der Waals surface area contributed by atoms with Crippen LogP contribution < -0.4 is 19.7 Å². The van der Waals surface area contributed by atoms with Gasteiger partial charge in [-0.05, 0) is 48.0 Å². The number of halogens is 4. The van der Waals surface area contributed by atoms with Crippen LogP contribution in [0.25, 0.3) is 0 Å². The van der Waals surface area contributed by atoms with Gasteiger partial charge in [0, 0.05) is 37.9 Å². The molecule has 1 N–H and O–H groups in total. The Kier molecular flexibility index (Phi) is 12.4. The summed E-state index contributed by atoms with van der Waals surface area (Å²) >= 11 is 0. The monoisotopic (exact) mass is 578 g/mol. The average molecular weight is 579 g/mol. The number of hydrogen-bond acceptors (Lipinski definition) is 6. The highest BCUT2D eigenvalue weighted by Gasteiger charge is 2.34. The Morgan fingerprint density at radius 2 is 1.71 bits per heavy atom. The molecule has 41 heavy (non-hydrogen) atoms. The minimum absolute atomic E-state index is 0.0311. The highest BCUT2D eigenvalue weighted by Crippen LogP contribution is 2.32. The summed E-state index contributed by atoms with van der Waals surface area (Å²) in [7, 11) is 3.02. The minimum atomic E-state index is -4.66. The van der Waals surface area contributed by atoms with Crippen molar-refractivity contribution < 1.29 is 41.3 Å². The largest absolute Gasteiger partial charge is 0.496 e. The molecule has 1 saturated heterocycles. The van der Waals surface area contributed by atoms with Crippen LogP contribution in [0.3, 0.4) is 0 Å². The zero-order valence-electron chi connectivity index (χ0n) is 23.0. The predicted molar refractivity (Wildman–Crippen MR) is 147 cm³/mol. The van der Waals surface area contributed by atoms with E-state index in [0.29, 0.717) is 38.5 Å². The van der Waals surface area contributed by atoms with Crippen LogP contribution in [0.2, 0.25) is 0 Å². The van der Waals surface area contributed by atoms with Crippen molar-refractivity contribution in [3.8, 4) is 11.5 Å². The first-order chi connectivity index (χ1) is 19.7. The number of ether oxygens (including phenoxy) is 4. The number of carbonyl (C=O) groups is 1. The average Bonchev–Trinajstić information content (AvgIpc) is 2.96. The summed E-state index contributed by atoms with van der Waals surface area (Å²) in [6.07, 6.45) is -3.86. The van der Waals surface area contributed by atoms with Gasteiger partial charge < -0.3 is 29.2 Å². The molecule has 3 aromatic carbocycles. The number of nitrogens with zero attached hydrogens (tertiary/aromatic N) is 1. The Morgan fingerprint density at radius 3 is 2.39 bits per heavy atom. The molecule has 1 aliphatic heterocycles. The van der Waals surface area contributed by atoms with E-state index in [-0.39, 0.29) is 12.5 Å². The van der Waals surface area contributed by atoms with E-state index in [2.05, 4.69) is 10.1 Å². The van der Waals surface area contributed by atoms with Crippen molar-refractivity contribution in [3.05, 3.63) is 89.2 Å². The number of carbonyl (C=O) groups excluding carboxylic acids is 1. The molecule has 222 valence electrons. The van der Waals surface area contributed by atoms with Crippen molar-refractivity contribution in [2.75, 3.05) is 52.0 Å². The molecule has 11 heteroatoms. The third kappa shape index (κ3) is 10.0. The number of benzene rings is 3. The summed E-state index contributed by atoms with van der Waals surface area (Å²) in [6, 6.07) is 18.3. The number of amides is 1. The van der Waals surface area contributed by atoms with E-state index in [1.54, 1.807) is 12.0 Å². The van der Waals surface area contributed by atoms with E-state index < -0.39 is 17.6 Å². The van der Waals surface area contributed by atoms with E-state index in [0.717, 1.165) is 47.8 Å². The molecule has 1 heterocycles. The zero-order chi connectivity index (χ0) is 29.7. The van der Waals surface area contributed by atoms with Crippen LogP contribution in [0.15, 0.2) is 66.7 Å². The SMILES string of the molecule is COCc1ccc(F)c(C(F)(F)F)c1.COc1ccccc1COCCCOc1ccc(N2CCNCC2=O)cc1. The maximum absolute atomic E-state index is 12.7. The van der Waals surface area contributed by atoms with Gasteiger partial charge in [0.05, 0.1) is 45.6 Å². The predicted octanol–water partition coefficient (Wildman–Crippen LogP) is 5.61. The lowest BCUT2D eigenvalue weighted by Gasteiger charge is -2.27. The molecule has 1 aliphatic rings. The molecule has 0 radical (unpaired) electrons. The summed E-state index contributed by atoms with van der Waals surface area (Å²) in [4.78, 5) is 13.7. The van der Waals surface area contributed by atoms with E-state index >= 15 is 0 Å². The Labute approximate surface area is 237 Å². The van der Waals surface area contributed by atoms with Crippen molar-refractivity contribution in [2.45, 2.75) is 25.8 Å². The number of anilines is 1. The number of hydrogen-bond donors (Lipinski definition) is 1. The van der Waals surface area contributed by atoms with E-state index in [9.17, 15) is 22.4 Å². The standard InChI is InChI=1S/C21H26N2O4.C9H8F4O/c1-25-20-6-3-2-5-17(20)16-26-13-4-14-27-19-9-7-18(8-10-19)23-12-11-22-15-21(23)24;1-14-5-6-2-3-8(10)7(4-6)9(11,12)13/h2-3,5-10,22H,4,11-16H2,1H3;2-4H,5H2,1H3. The molecule has 0 spiro atoms. The molecule has 0 aromatic heterocycles. The molecule has 0 unspecified atom stereocenters. The Bertz CT molecular complexity index is 1240. The topological polar surface area (TPSA) is 69.3 Å². The quantitative estimate of drug-likeness (QED) is 0.236. The molecular weight excluding hydrogens is 544 g/mol. The van der Waals surface area contributed by atoms with Gasteiger partial charge in [-0.1, -0.05) is 24.3 Å². The Morgan fingerprint density at radius 1 is 0.951 bits per heavy atom. The van der Waals surface area contributed by atoms with Crippen LogP contribution in [-0.2, 0) is 33.7 Å². The number of nitrogens with one attached hydrogen (secondary N) is 1. The van der Waals surface area contributed by atoms with Gasteiger partial charge in [-0.2, -0.15) is 13.2 Å². The summed E-state index contributed by atoms with van der Waals surface area (Å²) in [5.74, 6) is 0.474. The molecule has 1 fully saturated rings. The van der Waals surface area contributed by atoms with Gasteiger partial charge in [-0.3, -0.25) is 4.79 Å². The van der Waals surface area contributed by atoms with Crippen LogP contribution in [0, 0.1) is 5.82 Å². The normalized spacial score (nSPS) is 13.4. The third-order valence-corrected chi connectivity index (χ3v) is 6.04. The van der Waals surface area contributed by atoms with E-state index in [1.165, 1.54) is 13.2 Å². The van der Waals surface area contributed by atoms with Gasteiger partial charge >= 0.3 is 6.18 Å². The Hall–Kier alpha value is -3.67. The molecule has 3 aromatic rings. The van der Waals surface area contributed by atoms with Crippen LogP contribution in [-0.4, -0.2) is 53.0 Å². The van der Waals surface area contributed by atoms with Gasteiger partial charge in [0.2, 0.25) is 5.91 Å². The fourth-order valence-corrected chi connectivity index (χ4v) is 4.00. The lowest BCUT2D eigenvalue weighted by atomic mass is 10.1. The van der Waals surface area contributed by atoms with Crippen LogP contribution in [0.5, 0.6) is 11.5 Å². The second-order valence-corrected chi connectivity index (χ2v) is 9.03. The highest BCUT2D eigenvalue weighted by molar-refractivity contribution is 5.95. The molecule has 0 aliphatic carbocycles. The number of rotatable bonds is 11. The number of piperazine rings is 1. The summed E-state index contributed by atoms with van der Waals surface area (Å²) < 4.78 is 70.7. The van der Waals surface area contributed by atoms with Gasteiger partial charge in [0.15, 0.2) is 0 Å². The molecule has 7 nitrogen and oxygen atoms in total. The molecule has 4 rings (SSSR count). The number of para-hydroxylation sites is 1. The van der Waals surface area contributed by atoms with Gasteiger partial charge in [0.1, 0.15) is 17.3 Å². The number of methoxy groups -OCH3 is 2. The van der Waals surface area contributed by atoms with Crippen LogP contribution >= 0.6 is 0 Å². The zero-order valence-corrected chi connectivity index (χ0v) is 23.0. The van der Waals surface area contributed by atoms with Crippen molar-refractivity contribution in [1.29, 1.82) is 0 Å². The lowest BCUT2D eigenvalue weighted by molar-refractivity contribution is -0.140. The maximum Gasteiger partial charge on any atom is 0.419 e. The lowest BCUT2D eigenvalue weighted by Crippen LogP contribution is -2.48. The first kappa shape index (κ1) is 31.9. The summed E-state index contributed by atoms with van der Waals surface area (Å²) in [5, 5.41) is 3.07. The fourth-order valence-electron chi connectivity index (χ4n) is 4.00. The first-order valence-corrected chi connectivity index (χ1v) is 13.0. The molecule has 0 saturated carbocycles. The molecule has 0 bridgehead atoms. The third-order valence-electron chi connectivity index (χ3n) is 6.04. The second kappa shape index (κ2) is 15.9. The van der Waals surface area contributed by atoms with Gasteiger partial charge in [-0.15, -0.1) is 0 Å². The number of alkyl halides is 3. The maximum atomic E-state index is 12.7. The van der Waals surface area contributed by atoms with Crippen molar-refractivity contribution >= 4 is 11.6 Å². The van der Waals surface area contributed by atoms with Crippen LogP contribution in [0.4, 0.5) is 23.2 Å². The summed E-state index contributed by atoms with van der Waals surface area (Å²) in [5.41, 5.74) is 0.987. The molecule has 1 amide bonds. The first-order valence-electron chi connectivity index (χ1n) is 13.0. The molecule has 0 atom stereocenters. The minimum Gasteiger partial charge on any atom is -0.496 e. The van der Waals surface area contributed by atoms with E-state index in [1.807, 2.05) is 48.5 Å². The fraction of sp³-hybridized carbons (Fsp3) is 0.367. The van der Waals surface area contributed by atoms with Gasteiger partial charge in [-0.25, -0.2) is 4.39 Å².